The van der Waals surface area contributed by atoms with Gasteiger partial charge in [0.25, 0.3) is 5.91 Å². The molecule has 2 aliphatic rings. The number of carbonyl (C=O) groups excluding carboxylic acids is 2. The van der Waals surface area contributed by atoms with Crippen LogP contribution in [0.25, 0.3) is 0 Å². The second kappa shape index (κ2) is 5.91. The number of imidazole rings is 1. The second-order valence-electron chi connectivity index (χ2n) is 6.80. The van der Waals surface area contributed by atoms with E-state index in [0.717, 1.165) is 17.9 Å². The highest BCUT2D eigenvalue weighted by atomic mass is 16.5. The summed E-state index contributed by atoms with van der Waals surface area (Å²) in [6.07, 6.45) is 4.34. The third-order valence-electron chi connectivity index (χ3n) is 5.14. The zero-order chi connectivity index (χ0) is 17.4. The van der Waals surface area contributed by atoms with Crippen LogP contribution >= 0.6 is 0 Å². The van der Waals surface area contributed by atoms with E-state index in [1.165, 1.54) is 12.5 Å². The molecule has 1 atom stereocenters. The number of carbonyl (C=O) groups is 2. The summed E-state index contributed by atoms with van der Waals surface area (Å²) in [5.74, 6) is 0.777. The summed E-state index contributed by atoms with van der Waals surface area (Å²) >= 11 is 0. The van der Waals surface area contributed by atoms with Gasteiger partial charge in [-0.15, -0.1) is 0 Å². The Kier molecular flexibility index (Phi) is 3.71. The summed E-state index contributed by atoms with van der Waals surface area (Å²) < 4.78 is 5.26. The SMILES string of the molecule is COc1cccc(N2CC3(CCN(C(=O)c4cnc[nH]4)C3)CC2=O)c1. The number of likely N-dealkylation sites (tertiary alicyclic amines) is 1. The zero-order valence-electron chi connectivity index (χ0n) is 14.1. The van der Waals surface area contributed by atoms with Crippen molar-refractivity contribution < 1.29 is 14.3 Å². The summed E-state index contributed by atoms with van der Waals surface area (Å²) in [6.45, 7) is 1.89. The maximum Gasteiger partial charge on any atom is 0.271 e. The van der Waals surface area contributed by atoms with Gasteiger partial charge in [-0.2, -0.15) is 0 Å². The van der Waals surface area contributed by atoms with Crippen LogP contribution in [0.1, 0.15) is 23.3 Å². The summed E-state index contributed by atoms with van der Waals surface area (Å²) in [4.78, 5) is 35.5. The number of anilines is 1. The Morgan fingerprint density at radius 3 is 3.00 bits per heavy atom. The van der Waals surface area contributed by atoms with E-state index in [0.29, 0.717) is 31.7 Å². The van der Waals surface area contributed by atoms with Gasteiger partial charge in [0.2, 0.25) is 5.91 Å². The Morgan fingerprint density at radius 2 is 2.24 bits per heavy atom. The fraction of sp³-hybridized carbons (Fsp3) is 0.389. The zero-order valence-corrected chi connectivity index (χ0v) is 14.1. The van der Waals surface area contributed by atoms with Crippen LogP contribution < -0.4 is 9.64 Å². The van der Waals surface area contributed by atoms with Gasteiger partial charge in [0.15, 0.2) is 0 Å². The lowest BCUT2D eigenvalue weighted by Crippen LogP contribution is -2.34. The molecular formula is C18H20N4O3. The van der Waals surface area contributed by atoms with Crippen LogP contribution in [-0.4, -0.2) is 53.4 Å². The number of nitrogens with one attached hydrogen (secondary N) is 1. The lowest BCUT2D eigenvalue weighted by molar-refractivity contribution is -0.117. The van der Waals surface area contributed by atoms with Crippen LogP contribution in [0.4, 0.5) is 5.69 Å². The van der Waals surface area contributed by atoms with Crippen LogP contribution in [0, 0.1) is 5.41 Å². The molecule has 0 saturated carbocycles. The van der Waals surface area contributed by atoms with Gasteiger partial charge in [-0.3, -0.25) is 9.59 Å². The fourth-order valence-electron chi connectivity index (χ4n) is 3.83. The maximum absolute atomic E-state index is 12.6. The Labute approximate surface area is 145 Å². The first-order valence-corrected chi connectivity index (χ1v) is 8.32. The number of ether oxygens (including phenoxy) is 1. The fourth-order valence-corrected chi connectivity index (χ4v) is 3.83. The highest BCUT2D eigenvalue weighted by Gasteiger charge is 2.49. The average molecular weight is 340 g/mol. The summed E-state index contributed by atoms with van der Waals surface area (Å²) in [6, 6.07) is 7.54. The van der Waals surface area contributed by atoms with Gasteiger partial charge in [-0.1, -0.05) is 6.07 Å². The van der Waals surface area contributed by atoms with E-state index in [-0.39, 0.29) is 17.2 Å². The van der Waals surface area contributed by atoms with Gasteiger partial charge in [-0.25, -0.2) is 4.98 Å². The van der Waals surface area contributed by atoms with Crippen molar-refractivity contribution in [1.29, 1.82) is 0 Å². The molecule has 4 rings (SSSR count). The van der Waals surface area contributed by atoms with Crippen molar-refractivity contribution in [1.82, 2.24) is 14.9 Å². The Hall–Kier alpha value is -2.83. The number of hydrogen-bond acceptors (Lipinski definition) is 4. The maximum atomic E-state index is 12.6. The molecule has 0 aliphatic carbocycles. The van der Waals surface area contributed by atoms with Gasteiger partial charge >= 0.3 is 0 Å². The molecule has 1 unspecified atom stereocenters. The monoisotopic (exact) mass is 340 g/mol. The number of methoxy groups -OCH3 is 1. The molecule has 3 heterocycles. The molecule has 0 bridgehead atoms. The molecule has 25 heavy (non-hydrogen) atoms. The van der Waals surface area contributed by atoms with Crippen LogP contribution in [0.3, 0.4) is 0 Å². The highest BCUT2D eigenvalue weighted by molar-refractivity contribution is 5.97. The number of nitrogens with zero attached hydrogens (tertiary/aromatic N) is 3. The minimum Gasteiger partial charge on any atom is -0.497 e. The van der Waals surface area contributed by atoms with Gasteiger partial charge in [-0.05, 0) is 18.6 Å². The summed E-state index contributed by atoms with van der Waals surface area (Å²) in [7, 11) is 1.61. The third kappa shape index (κ3) is 2.75. The van der Waals surface area contributed by atoms with E-state index in [1.807, 2.05) is 34.1 Å². The first kappa shape index (κ1) is 15.7. The number of aromatic amines is 1. The van der Waals surface area contributed by atoms with Gasteiger partial charge in [0, 0.05) is 43.2 Å². The molecule has 1 N–H and O–H groups in total. The Balaban J connectivity index is 1.51. The number of rotatable bonds is 3. The molecular weight excluding hydrogens is 320 g/mol. The normalized spacial score (nSPS) is 22.8. The van der Waals surface area contributed by atoms with Crippen LogP contribution in [0.5, 0.6) is 5.75 Å². The molecule has 1 aromatic heterocycles. The minimum atomic E-state index is -0.171. The lowest BCUT2D eigenvalue weighted by Gasteiger charge is -2.24. The number of hydrogen-bond donors (Lipinski definition) is 1. The average Bonchev–Trinajstić information content (AvgIpc) is 3.36. The molecule has 1 aromatic carbocycles. The molecule has 7 nitrogen and oxygen atoms in total. The first-order chi connectivity index (χ1) is 12.1. The van der Waals surface area contributed by atoms with Crippen molar-refractivity contribution in [3.8, 4) is 5.75 Å². The van der Waals surface area contributed by atoms with E-state index < -0.39 is 0 Å². The van der Waals surface area contributed by atoms with Gasteiger partial charge in [0.1, 0.15) is 11.4 Å². The van der Waals surface area contributed by atoms with Gasteiger partial charge < -0.3 is 19.5 Å². The Morgan fingerprint density at radius 1 is 1.36 bits per heavy atom. The molecule has 2 amide bonds. The van der Waals surface area contributed by atoms with Crippen molar-refractivity contribution in [2.45, 2.75) is 12.8 Å². The van der Waals surface area contributed by atoms with Gasteiger partial charge in [0.05, 0.1) is 19.6 Å². The van der Waals surface area contributed by atoms with E-state index in [2.05, 4.69) is 9.97 Å². The highest BCUT2D eigenvalue weighted by Crippen LogP contribution is 2.42. The molecule has 2 saturated heterocycles. The van der Waals surface area contributed by atoms with E-state index in [4.69, 9.17) is 4.74 Å². The smallest absolute Gasteiger partial charge is 0.271 e. The molecule has 7 heteroatoms. The Bertz CT molecular complexity index is 804. The van der Waals surface area contributed by atoms with Crippen LogP contribution in [0.2, 0.25) is 0 Å². The van der Waals surface area contributed by atoms with E-state index in [9.17, 15) is 9.59 Å². The topological polar surface area (TPSA) is 78.5 Å². The number of amides is 2. The molecule has 2 aliphatic heterocycles. The summed E-state index contributed by atoms with van der Waals surface area (Å²) in [5.41, 5.74) is 1.17. The first-order valence-electron chi connectivity index (χ1n) is 8.32. The minimum absolute atomic E-state index is 0.0540. The van der Waals surface area contributed by atoms with Crippen molar-refractivity contribution in [2.75, 3.05) is 31.6 Å². The molecule has 2 aromatic rings. The van der Waals surface area contributed by atoms with E-state index >= 15 is 0 Å². The number of aromatic nitrogens is 2. The quantitative estimate of drug-likeness (QED) is 0.922. The number of benzene rings is 1. The van der Waals surface area contributed by atoms with Crippen molar-refractivity contribution in [3.05, 3.63) is 42.5 Å². The molecule has 1 spiro atoms. The summed E-state index contributed by atoms with van der Waals surface area (Å²) in [5, 5.41) is 0. The van der Waals surface area contributed by atoms with Crippen molar-refractivity contribution >= 4 is 17.5 Å². The number of H-pyrrole nitrogens is 1. The standard InChI is InChI=1S/C18H20N4O3/c1-25-14-4-2-3-13(7-14)22-11-18(8-16(22)23)5-6-21(10-18)17(24)15-9-19-12-20-15/h2-4,7,9,12H,5-6,8,10-11H2,1H3,(H,19,20). The largest absolute Gasteiger partial charge is 0.497 e. The molecule has 2 fully saturated rings. The van der Waals surface area contributed by atoms with Crippen LogP contribution in [-0.2, 0) is 4.79 Å². The molecule has 130 valence electrons. The predicted octanol–water partition coefficient (Wildman–Crippen LogP) is 1.69. The second-order valence-corrected chi connectivity index (χ2v) is 6.80. The predicted molar refractivity (Wildman–Crippen MR) is 91.5 cm³/mol. The van der Waals surface area contributed by atoms with Crippen LogP contribution in [0.15, 0.2) is 36.8 Å². The molecule has 0 radical (unpaired) electrons. The lowest BCUT2D eigenvalue weighted by atomic mass is 9.86. The van der Waals surface area contributed by atoms with Crippen molar-refractivity contribution in [3.63, 3.8) is 0 Å². The third-order valence-corrected chi connectivity index (χ3v) is 5.14. The van der Waals surface area contributed by atoms with E-state index in [1.54, 1.807) is 7.11 Å². The van der Waals surface area contributed by atoms with Crippen molar-refractivity contribution in [2.24, 2.45) is 5.41 Å².